The first-order valence-corrected chi connectivity index (χ1v) is 5.55. The molecule has 1 aromatic rings. The number of guanidine groups is 2. The molecule has 0 saturated heterocycles. The maximum absolute atomic E-state index is 5.64. The Bertz CT molecular complexity index is 395. The molecule has 0 aliphatic carbocycles. The third kappa shape index (κ3) is 2.10. The summed E-state index contributed by atoms with van der Waals surface area (Å²) in [4.78, 5) is 10.4. The SMILES string of the molecule is CC1N=C(N)NC(N(C)c2ccsc2)=N1. The Morgan fingerprint density at radius 1 is 1.53 bits per heavy atom. The highest BCUT2D eigenvalue weighted by Gasteiger charge is 2.15. The van der Waals surface area contributed by atoms with Gasteiger partial charge in [-0.15, -0.1) is 0 Å². The molecule has 5 nitrogen and oxygen atoms in total. The van der Waals surface area contributed by atoms with Crippen molar-refractivity contribution in [1.82, 2.24) is 5.32 Å². The number of hydrogen-bond donors (Lipinski definition) is 2. The van der Waals surface area contributed by atoms with Gasteiger partial charge in [0.15, 0.2) is 5.96 Å². The smallest absolute Gasteiger partial charge is 0.207 e. The third-order valence-corrected chi connectivity index (χ3v) is 2.76. The van der Waals surface area contributed by atoms with Crippen LogP contribution in [0.4, 0.5) is 5.69 Å². The van der Waals surface area contributed by atoms with Gasteiger partial charge in [0.2, 0.25) is 5.96 Å². The fraction of sp³-hybridized carbons (Fsp3) is 0.333. The molecule has 1 unspecified atom stereocenters. The van der Waals surface area contributed by atoms with E-state index in [1.165, 1.54) is 0 Å². The molecule has 3 N–H and O–H groups in total. The molecule has 0 aromatic carbocycles. The zero-order valence-electron chi connectivity index (χ0n) is 8.64. The molecule has 80 valence electrons. The van der Waals surface area contributed by atoms with Crippen molar-refractivity contribution in [3.63, 3.8) is 0 Å². The molecular formula is C9H13N5S. The van der Waals surface area contributed by atoms with Crippen LogP contribution < -0.4 is 16.0 Å². The van der Waals surface area contributed by atoms with E-state index in [9.17, 15) is 0 Å². The average Bonchev–Trinajstić information content (AvgIpc) is 2.67. The van der Waals surface area contributed by atoms with Crippen LogP contribution in [-0.2, 0) is 0 Å². The van der Waals surface area contributed by atoms with Crippen molar-refractivity contribution in [3.05, 3.63) is 16.8 Å². The van der Waals surface area contributed by atoms with Crippen LogP contribution in [0.15, 0.2) is 26.8 Å². The Labute approximate surface area is 92.3 Å². The number of nitrogens with one attached hydrogen (secondary N) is 1. The topological polar surface area (TPSA) is 66.0 Å². The fourth-order valence-electron chi connectivity index (χ4n) is 1.33. The van der Waals surface area contributed by atoms with Gasteiger partial charge < -0.3 is 10.6 Å². The zero-order valence-corrected chi connectivity index (χ0v) is 9.45. The van der Waals surface area contributed by atoms with Crippen LogP contribution in [0.2, 0.25) is 0 Å². The normalized spacial score (nSPS) is 20.3. The van der Waals surface area contributed by atoms with E-state index in [2.05, 4.69) is 20.7 Å². The lowest BCUT2D eigenvalue weighted by molar-refractivity contribution is 0.760. The molecule has 1 aliphatic heterocycles. The van der Waals surface area contributed by atoms with Gasteiger partial charge in [-0.05, 0) is 18.4 Å². The van der Waals surface area contributed by atoms with E-state index >= 15 is 0 Å². The summed E-state index contributed by atoms with van der Waals surface area (Å²) in [5, 5.41) is 7.02. The van der Waals surface area contributed by atoms with Crippen LogP contribution in [0, 0.1) is 0 Å². The van der Waals surface area contributed by atoms with Crippen molar-refractivity contribution in [3.8, 4) is 0 Å². The number of hydrogen-bond acceptors (Lipinski definition) is 6. The third-order valence-electron chi connectivity index (χ3n) is 2.09. The number of nitrogens with two attached hydrogens (primary N) is 1. The van der Waals surface area contributed by atoms with Crippen LogP contribution in [-0.4, -0.2) is 25.1 Å². The van der Waals surface area contributed by atoms with Crippen molar-refractivity contribution in [2.24, 2.45) is 15.7 Å². The second-order valence-corrected chi connectivity index (χ2v) is 4.04. The minimum absolute atomic E-state index is 0.123. The Morgan fingerprint density at radius 3 is 2.93 bits per heavy atom. The fourth-order valence-corrected chi connectivity index (χ4v) is 2.00. The summed E-state index contributed by atoms with van der Waals surface area (Å²) in [7, 11) is 1.94. The molecule has 1 aliphatic rings. The second-order valence-electron chi connectivity index (χ2n) is 3.26. The van der Waals surface area contributed by atoms with Crippen LogP contribution in [0.3, 0.4) is 0 Å². The van der Waals surface area contributed by atoms with Gasteiger partial charge in [0, 0.05) is 12.4 Å². The number of nitrogens with zero attached hydrogens (tertiary/aromatic N) is 3. The maximum atomic E-state index is 5.64. The Balaban J connectivity index is 2.18. The molecule has 1 atom stereocenters. The van der Waals surface area contributed by atoms with Crippen LogP contribution in [0.5, 0.6) is 0 Å². The summed E-state index contributed by atoms with van der Waals surface area (Å²) in [6.45, 7) is 1.90. The van der Waals surface area contributed by atoms with Gasteiger partial charge in [0.25, 0.3) is 0 Å². The highest BCUT2D eigenvalue weighted by atomic mass is 32.1. The molecule has 0 saturated carbocycles. The Hall–Kier alpha value is -1.56. The largest absolute Gasteiger partial charge is 0.370 e. The van der Waals surface area contributed by atoms with E-state index in [0.717, 1.165) is 11.6 Å². The van der Waals surface area contributed by atoms with Gasteiger partial charge in [-0.3, -0.25) is 5.32 Å². The monoisotopic (exact) mass is 223 g/mol. The number of thiophene rings is 1. The predicted octanol–water partition coefficient (Wildman–Crippen LogP) is 0.804. The maximum Gasteiger partial charge on any atom is 0.207 e. The van der Waals surface area contributed by atoms with E-state index < -0.39 is 0 Å². The molecule has 2 heterocycles. The van der Waals surface area contributed by atoms with E-state index in [0.29, 0.717) is 5.96 Å². The summed E-state index contributed by atoms with van der Waals surface area (Å²) >= 11 is 1.65. The van der Waals surface area contributed by atoms with Crippen molar-refractivity contribution in [1.29, 1.82) is 0 Å². The average molecular weight is 223 g/mol. The number of aliphatic imine (C=N–C) groups is 2. The standard InChI is InChI=1S/C9H13N5S/c1-6-11-8(10)13-9(12-6)14(2)7-3-4-15-5-7/h3-6H,1-2H3,(H3,10,11,12,13). The second kappa shape index (κ2) is 3.90. The summed E-state index contributed by atoms with van der Waals surface area (Å²) < 4.78 is 0. The van der Waals surface area contributed by atoms with Gasteiger partial charge in [0.05, 0.1) is 5.69 Å². The van der Waals surface area contributed by atoms with Crippen LogP contribution in [0.25, 0.3) is 0 Å². The lowest BCUT2D eigenvalue weighted by Crippen LogP contribution is -2.48. The first-order chi connectivity index (χ1) is 7.16. The van der Waals surface area contributed by atoms with Crippen LogP contribution >= 0.6 is 11.3 Å². The molecule has 0 fully saturated rings. The molecular weight excluding hydrogens is 210 g/mol. The van der Waals surface area contributed by atoms with Crippen molar-refractivity contribution in [2.45, 2.75) is 13.1 Å². The molecule has 0 radical (unpaired) electrons. The van der Waals surface area contributed by atoms with Crippen molar-refractivity contribution in [2.75, 3.05) is 11.9 Å². The molecule has 15 heavy (non-hydrogen) atoms. The summed E-state index contributed by atoms with van der Waals surface area (Å²) in [6.07, 6.45) is -0.123. The minimum atomic E-state index is -0.123. The predicted molar refractivity (Wildman–Crippen MR) is 64.4 cm³/mol. The molecule has 0 amide bonds. The molecule has 6 heteroatoms. The lowest BCUT2D eigenvalue weighted by atomic mass is 10.4. The number of anilines is 1. The molecule has 0 bridgehead atoms. The Morgan fingerprint density at radius 2 is 2.33 bits per heavy atom. The summed E-state index contributed by atoms with van der Waals surface area (Å²) in [5.74, 6) is 1.14. The number of rotatable bonds is 1. The van der Waals surface area contributed by atoms with Gasteiger partial charge in [-0.25, -0.2) is 9.98 Å². The first kappa shape index (κ1) is 9.97. The van der Waals surface area contributed by atoms with Crippen molar-refractivity contribution < 1.29 is 0 Å². The first-order valence-electron chi connectivity index (χ1n) is 4.61. The van der Waals surface area contributed by atoms with E-state index in [-0.39, 0.29) is 6.17 Å². The zero-order chi connectivity index (χ0) is 10.8. The van der Waals surface area contributed by atoms with E-state index in [1.807, 2.05) is 30.3 Å². The van der Waals surface area contributed by atoms with Gasteiger partial charge in [-0.2, -0.15) is 11.3 Å². The lowest BCUT2D eigenvalue weighted by Gasteiger charge is -2.24. The quantitative estimate of drug-likeness (QED) is 0.740. The Kier molecular flexibility index (Phi) is 2.59. The van der Waals surface area contributed by atoms with Gasteiger partial charge >= 0.3 is 0 Å². The summed E-state index contributed by atoms with van der Waals surface area (Å²) in [5.41, 5.74) is 6.73. The van der Waals surface area contributed by atoms with Crippen molar-refractivity contribution >= 4 is 28.9 Å². The van der Waals surface area contributed by atoms with Gasteiger partial charge in [0.1, 0.15) is 6.17 Å². The molecule has 0 spiro atoms. The highest BCUT2D eigenvalue weighted by Crippen LogP contribution is 2.17. The van der Waals surface area contributed by atoms with E-state index in [1.54, 1.807) is 11.3 Å². The summed E-state index contributed by atoms with van der Waals surface area (Å²) in [6, 6.07) is 2.03. The van der Waals surface area contributed by atoms with Crippen LogP contribution in [0.1, 0.15) is 6.92 Å². The molecule has 2 rings (SSSR count). The minimum Gasteiger partial charge on any atom is -0.370 e. The van der Waals surface area contributed by atoms with Gasteiger partial charge in [-0.1, -0.05) is 0 Å². The highest BCUT2D eigenvalue weighted by molar-refractivity contribution is 7.08. The molecule has 1 aromatic heterocycles. The van der Waals surface area contributed by atoms with E-state index in [4.69, 9.17) is 5.73 Å².